The Balaban J connectivity index is 1.39. The van der Waals surface area contributed by atoms with Gasteiger partial charge in [-0.25, -0.2) is 4.98 Å². The minimum atomic E-state index is -0.526. The number of anilines is 1. The van der Waals surface area contributed by atoms with Crippen molar-refractivity contribution in [1.29, 1.82) is 5.26 Å². The lowest BCUT2D eigenvalue weighted by atomic mass is 10.2. The van der Waals surface area contributed by atoms with Gasteiger partial charge in [-0.3, -0.25) is 4.90 Å². The quantitative estimate of drug-likeness (QED) is 0.810. The Labute approximate surface area is 147 Å². The largest absolute Gasteiger partial charge is 0.467 e. The fourth-order valence-corrected chi connectivity index (χ4v) is 2.86. The van der Waals surface area contributed by atoms with Crippen molar-refractivity contribution in [1.82, 2.24) is 9.88 Å². The third-order valence-electron chi connectivity index (χ3n) is 4.17. The molecule has 2 aromatic heterocycles. The van der Waals surface area contributed by atoms with Crippen LogP contribution in [0.3, 0.4) is 0 Å². The van der Waals surface area contributed by atoms with Gasteiger partial charge in [-0.05, 0) is 24.3 Å². The lowest BCUT2D eigenvalue weighted by Gasteiger charge is -2.36. The van der Waals surface area contributed by atoms with E-state index < -0.39 is 6.10 Å². The van der Waals surface area contributed by atoms with Crippen molar-refractivity contribution in [3.05, 3.63) is 48.0 Å². The number of hydrogen-bond donors (Lipinski definition) is 1. The maximum atomic E-state index is 10.1. The molecule has 0 amide bonds. The molecule has 2 aromatic rings. The molecule has 0 spiro atoms. The summed E-state index contributed by atoms with van der Waals surface area (Å²) in [7, 11) is 0. The number of pyridine rings is 1. The Morgan fingerprint density at radius 1 is 1.32 bits per heavy atom. The summed E-state index contributed by atoms with van der Waals surface area (Å²) < 4.78 is 10.7. The maximum absolute atomic E-state index is 10.1. The van der Waals surface area contributed by atoms with E-state index in [1.807, 2.05) is 18.2 Å². The number of aliphatic hydroxyl groups is 1. The fraction of sp³-hybridized carbons (Fsp3) is 0.444. The molecule has 0 saturated carbocycles. The summed E-state index contributed by atoms with van der Waals surface area (Å²) in [5, 5.41) is 19.1. The highest BCUT2D eigenvalue weighted by Crippen LogP contribution is 2.15. The monoisotopic (exact) mass is 342 g/mol. The number of aromatic nitrogens is 1. The Hall–Kier alpha value is -2.40. The molecule has 1 aliphatic heterocycles. The minimum Gasteiger partial charge on any atom is -0.467 e. The first kappa shape index (κ1) is 17.4. The van der Waals surface area contributed by atoms with Crippen LogP contribution in [0.4, 0.5) is 5.82 Å². The van der Waals surface area contributed by atoms with Crippen LogP contribution in [0.15, 0.2) is 41.1 Å². The highest BCUT2D eigenvalue weighted by atomic mass is 16.5. The molecule has 1 aliphatic rings. The molecule has 1 atom stereocenters. The average Bonchev–Trinajstić information content (AvgIpc) is 3.16. The molecular formula is C18H22N4O3. The second-order valence-electron chi connectivity index (χ2n) is 6.05. The molecule has 7 nitrogen and oxygen atoms in total. The lowest BCUT2D eigenvalue weighted by molar-refractivity contribution is 0.00440. The average molecular weight is 342 g/mol. The second kappa shape index (κ2) is 8.62. The number of β-amino-alcohol motifs (C(OH)–C–C–N with tert-alkyl or cyclic N) is 1. The molecule has 1 N–H and O–H groups in total. The molecule has 0 aliphatic carbocycles. The van der Waals surface area contributed by atoms with Gasteiger partial charge in [-0.15, -0.1) is 0 Å². The van der Waals surface area contributed by atoms with E-state index in [0.717, 1.165) is 37.8 Å². The van der Waals surface area contributed by atoms with Crippen molar-refractivity contribution in [3.8, 4) is 6.07 Å². The SMILES string of the molecule is N#Cc1ccnc(N2CCN(CC(O)COCc3ccco3)CC2)c1. The zero-order valence-corrected chi connectivity index (χ0v) is 14.0. The normalized spacial score (nSPS) is 16.6. The van der Waals surface area contributed by atoms with E-state index in [1.54, 1.807) is 18.5 Å². The second-order valence-corrected chi connectivity index (χ2v) is 6.05. The van der Waals surface area contributed by atoms with Crippen molar-refractivity contribution in [3.63, 3.8) is 0 Å². The van der Waals surface area contributed by atoms with Gasteiger partial charge in [0, 0.05) is 38.9 Å². The molecule has 132 valence electrons. The van der Waals surface area contributed by atoms with Crippen LogP contribution < -0.4 is 4.90 Å². The number of aliphatic hydroxyl groups excluding tert-OH is 1. The number of furan rings is 1. The van der Waals surface area contributed by atoms with Crippen LogP contribution >= 0.6 is 0 Å². The van der Waals surface area contributed by atoms with Gasteiger partial charge in [0.25, 0.3) is 0 Å². The molecule has 25 heavy (non-hydrogen) atoms. The van der Waals surface area contributed by atoms with E-state index in [0.29, 0.717) is 18.7 Å². The number of ether oxygens (including phenoxy) is 1. The van der Waals surface area contributed by atoms with Crippen molar-refractivity contribution >= 4 is 5.82 Å². The molecule has 1 fully saturated rings. The molecule has 1 saturated heterocycles. The van der Waals surface area contributed by atoms with Crippen molar-refractivity contribution < 1.29 is 14.3 Å². The highest BCUT2D eigenvalue weighted by molar-refractivity contribution is 5.45. The molecule has 3 heterocycles. The van der Waals surface area contributed by atoms with Gasteiger partial charge in [0.05, 0.1) is 30.6 Å². The topological polar surface area (TPSA) is 85.8 Å². The van der Waals surface area contributed by atoms with Gasteiger partial charge >= 0.3 is 0 Å². The van der Waals surface area contributed by atoms with Crippen LogP contribution in [-0.4, -0.2) is 60.4 Å². The number of nitriles is 1. The zero-order chi connectivity index (χ0) is 17.5. The molecule has 3 rings (SSSR count). The molecule has 0 bridgehead atoms. The van der Waals surface area contributed by atoms with Crippen LogP contribution in [0, 0.1) is 11.3 Å². The van der Waals surface area contributed by atoms with Crippen LogP contribution in [-0.2, 0) is 11.3 Å². The summed E-state index contributed by atoms with van der Waals surface area (Å²) in [5.41, 5.74) is 0.622. The minimum absolute atomic E-state index is 0.284. The third kappa shape index (κ3) is 5.03. The first-order chi connectivity index (χ1) is 12.2. The van der Waals surface area contributed by atoms with Crippen LogP contribution in [0.1, 0.15) is 11.3 Å². The Kier molecular flexibility index (Phi) is 6.01. The van der Waals surface area contributed by atoms with Gasteiger partial charge in [0.1, 0.15) is 18.2 Å². The summed E-state index contributed by atoms with van der Waals surface area (Å²) in [6.45, 7) is 4.56. The van der Waals surface area contributed by atoms with Crippen molar-refractivity contribution in [2.24, 2.45) is 0 Å². The van der Waals surface area contributed by atoms with E-state index in [1.165, 1.54) is 0 Å². The van der Waals surface area contributed by atoms with E-state index in [4.69, 9.17) is 14.4 Å². The molecule has 0 radical (unpaired) electrons. The number of piperazine rings is 1. The molecule has 7 heteroatoms. The summed E-state index contributed by atoms with van der Waals surface area (Å²) in [5.74, 6) is 1.59. The summed E-state index contributed by atoms with van der Waals surface area (Å²) >= 11 is 0. The summed E-state index contributed by atoms with van der Waals surface area (Å²) in [6.07, 6.45) is 2.75. The van der Waals surface area contributed by atoms with E-state index in [-0.39, 0.29) is 6.61 Å². The van der Waals surface area contributed by atoms with Gasteiger partial charge in [-0.1, -0.05) is 0 Å². The molecule has 0 aromatic carbocycles. The first-order valence-corrected chi connectivity index (χ1v) is 8.36. The Bertz CT molecular complexity index is 691. The van der Waals surface area contributed by atoms with Crippen LogP contribution in [0.5, 0.6) is 0 Å². The van der Waals surface area contributed by atoms with E-state index >= 15 is 0 Å². The van der Waals surface area contributed by atoms with Crippen LogP contribution in [0.2, 0.25) is 0 Å². The summed E-state index contributed by atoms with van der Waals surface area (Å²) in [4.78, 5) is 8.72. The molecular weight excluding hydrogens is 320 g/mol. The van der Waals surface area contributed by atoms with Gasteiger partial charge in [0.2, 0.25) is 0 Å². The number of rotatable bonds is 7. The highest BCUT2D eigenvalue weighted by Gasteiger charge is 2.20. The Morgan fingerprint density at radius 3 is 2.88 bits per heavy atom. The van der Waals surface area contributed by atoms with Crippen molar-refractivity contribution in [2.45, 2.75) is 12.7 Å². The predicted octanol–water partition coefficient (Wildman–Crippen LogP) is 1.25. The lowest BCUT2D eigenvalue weighted by Crippen LogP contribution is -2.49. The van der Waals surface area contributed by atoms with Gasteiger partial charge in [0.15, 0.2) is 0 Å². The third-order valence-corrected chi connectivity index (χ3v) is 4.17. The molecule has 1 unspecified atom stereocenters. The predicted molar refractivity (Wildman–Crippen MR) is 92.0 cm³/mol. The summed E-state index contributed by atoms with van der Waals surface area (Å²) in [6, 6.07) is 9.32. The van der Waals surface area contributed by atoms with E-state index in [2.05, 4.69) is 20.9 Å². The van der Waals surface area contributed by atoms with Crippen molar-refractivity contribution in [2.75, 3.05) is 44.2 Å². The standard InChI is InChI=1S/C18H22N4O3/c19-11-15-3-4-20-18(10-15)22-7-5-21(6-8-22)12-16(23)13-24-14-17-2-1-9-25-17/h1-4,9-10,16,23H,5-8,12-14H2. The first-order valence-electron chi connectivity index (χ1n) is 8.36. The zero-order valence-electron chi connectivity index (χ0n) is 14.0. The maximum Gasteiger partial charge on any atom is 0.129 e. The van der Waals surface area contributed by atoms with Gasteiger partial charge in [-0.2, -0.15) is 5.26 Å². The smallest absolute Gasteiger partial charge is 0.129 e. The fourth-order valence-electron chi connectivity index (χ4n) is 2.86. The van der Waals surface area contributed by atoms with E-state index in [9.17, 15) is 5.11 Å². The van der Waals surface area contributed by atoms with Crippen LogP contribution in [0.25, 0.3) is 0 Å². The number of hydrogen-bond acceptors (Lipinski definition) is 7. The number of nitrogens with zero attached hydrogens (tertiary/aromatic N) is 4. The van der Waals surface area contributed by atoms with Gasteiger partial charge < -0.3 is 19.2 Å². The Morgan fingerprint density at radius 2 is 2.16 bits per heavy atom.